The molecule has 1 saturated heterocycles. The van der Waals surface area contributed by atoms with Gasteiger partial charge in [0, 0.05) is 49.3 Å². The van der Waals surface area contributed by atoms with Gasteiger partial charge in [-0.05, 0) is 18.2 Å². The van der Waals surface area contributed by atoms with Gasteiger partial charge in [-0.2, -0.15) is 0 Å². The Morgan fingerprint density at radius 2 is 1.88 bits per heavy atom. The Morgan fingerprint density at radius 1 is 1.17 bits per heavy atom. The highest BCUT2D eigenvalue weighted by Gasteiger charge is 2.21. The minimum absolute atomic E-state index is 0.130. The van der Waals surface area contributed by atoms with Crippen LogP contribution in [0, 0.1) is 0 Å². The molecule has 1 N–H and O–H groups in total. The third-order valence-electron chi connectivity index (χ3n) is 3.73. The van der Waals surface area contributed by atoms with Gasteiger partial charge in [-0.3, -0.25) is 9.59 Å². The molecule has 0 spiro atoms. The van der Waals surface area contributed by atoms with E-state index in [2.05, 4.69) is 15.3 Å². The minimum atomic E-state index is -0.130. The summed E-state index contributed by atoms with van der Waals surface area (Å²) in [6.07, 6.45) is 3.80. The number of halogens is 1. The molecule has 0 bridgehead atoms. The monoisotopic (exact) mass is 345 g/mol. The lowest BCUT2D eigenvalue weighted by molar-refractivity contribution is -0.119. The van der Waals surface area contributed by atoms with Gasteiger partial charge >= 0.3 is 0 Å². The van der Waals surface area contributed by atoms with E-state index in [1.807, 2.05) is 12.1 Å². The number of amides is 2. The van der Waals surface area contributed by atoms with E-state index in [0.29, 0.717) is 42.7 Å². The topological polar surface area (TPSA) is 78.4 Å². The van der Waals surface area contributed by atoms with Crippen molar-refractivity contribution in [2.75, 3.05) is 31.5 Å². The number of nitrogens with one attached hydrogen (secondary N) is 1. The van der Waals surface area contributed by atoms with Gasteiger partial charge in [-0.1, -0.05) is 17.7 Å². The van der Waals surface area contributed by atoms with Gasteiger partial charge in [-0.25, -0.2) is 9.97 Å². The molecule has 0 unspecified atom stereocenters. The summed E-state index contributed by atoms with van der Waals surface area (Å²) in [5.74, 6) is 0.259. The average molecular weight is 346 g/mol. The van der Waals surface area contributed by atoms with Crippen molar-refractivity contribution in [2.24, 2.45) is 0 Å². The molecule has 8 heteroatoms. The van der Waals surface area contributed by atoms with E-state index >= 15 is 0 Å². The van der Waals surface area contributed by atoms with E-state index in [-0.39, 0.29) is 5.91 Å². The standard InChI is InChI=1S/C16H16ClN5O2/c17-13-2-1-3-14(8-13)20-16-18-9-12(10-19-16)15(24)22-6-4-21(11-23)5-7-22/h1-3,8-11H,4-7H2,(H,18,19,20). The molecule has 24 heavy (non-hydrogen) atoms. The predicted octanol–water partition coefficient (Wildman–Crippen LogP) is 1.79. The van der Waals surface area contributed by atoms with Crippen molar-refractivity contribution in [3.05, 3.63) is 47.2 Å². The van der Waals surface area contributed by atoms with Gasteiger partial charge in [-0.15, -0.1) is 0 Å². The number of aromatic nitrogens is 2. The Balaban J connectivity index is 1.64. The summed E-state index contributed by atoms with van der Waals surface area (Å²) < 4.78 is 0. The maximum Gasteiger partial charge on any atom is 0.257 e. The molecule has 0 atom stereocenters. The average Bonchev–Trinajstić information content (AvgIpc) is 2.62. The van der Waals surface area contributed by atoms with Crippen LogP contribution in [0.3, 0.4) is 0 Å². The van der Waals surface area contributed by atoms with E-state index in [9.17, 15) is 9.59 Å². The molecule has 7 nitrogen and oxygen atoms in total. The van der Waals surface area contributed by atoms with E-state index < -0.39 is 0 Å². The van der Waals surface area contributed by atoms with Gasteiger partial charge in [0.25, 0.3) is 5.91 Å². The van der Waals surface area contributed by atoms with Crippen LogP contribution in [0.2, 0.25) is 5.02 Å². The summed E-state index contributed by atoms with van der Waals surface area (Å²) in [4.78, 5) is 34.8. The zero-order valence-electron chi connectivity index (χ0n) is 12.9. The second kappa shape index (κ2) is 7.27. The molecule has 2 heterocycles. The first kappa shape index (κ1) is 16.2. The van der Waals surface area contributed by atoms with Crippen LogP contribution in [0.15, 0.2) is 36.7 Å². The highest BCUT2D eigenvalue weighted by Crippen LogP contribution is 2.18. The molecular formula is C16H16ClN5O2. The summed E-state index contributed by atoms with van der Waals surface area (Å²) in [5.41, 5.74) is 1.19. The van der Waals surface area contributed by atoms with Crippen molar-refractivity contribution >= 4 is 35.6 Å². The molecule has 1 aromatic heterocycles. The smallest absolute Gasteiger partial charge is 0.257 e. The van der Waals surface area contributed by atoms with Gasteiger partial charge in [0.05, 0.1) is 5.56 Å². The third-order valence-corrected chi connectivity index (χ3v) is 3.97. The highest BCUT2D eigenvalue weighted by atomic mass is 35.5. The number of hydrogen-bond donors (Lipinski definition) is 1. The molecule has 1 aliphatic rings. The molecule has 1 fully saturated rings. The normalized spacial score (nSPS) is 14.4. The quantitative estimate of drug-likeness (QED) is 0.855. The summed E-state index contributed by atoms with van der Waals surface area (Å²) in [6.45, 7) is 2.12. The summed E-state index contributed by atoms with van der Waals surface area (Å²) in [5, 5.41) is 3.64. The largest absolute Gasteiger partial charge is 0.342 e. The maximum atomic E-state index is 12.4. The first-order valence-corrected chi connectivity index (χ1v) is 7.87. The fourth-order valence-corrected chi connectivity index (χ4v) is 2.60. The first-order valence-electron chi connectivity index (χ1n) is 7.49. The molecule has 0 aliphatic carbocycles. The van der Waals surface area contributed by atoms with Crippen molar-refractivity contribution in [1.29, 1.82) is 0 Å². The zero-order valence-corrected chi connectivity index (χ0v) is 13.6. The Labute approximate surface area is 144 Å². The Morgan fingerprint density at radius 3 is 2.50 bits per heavy atom. The number of anilines is 2. The SMILES string of the molecule is O=CN1CCN(C(=O)c2cnc(Nc3cccc(Cl)c3)nc2)CC1. The second-order valence-corrected chi connectivity index (χ2v) is 5.80. The van der Waals surface area contributed by atoms with E-state index in [0.717, 1.165) is 12.1 Å². The Hall–Kier alpha value is -2.67. The van der Waals surface area contributed by atoms with Crippen LogP contribution in [0.1, 0.15) is 10.4 Å². The number of carbonyl (C=O) groups excluding carboxylic acids is 2. The minimum Gasteiger partial charge on any atom is -0.342 e. The maximum absolute atomic E-state index is 12.4. The lowest BCUT2D eigenvalue weighted by Gasteiger charge is -2.32. The molecule has 124 valence electrons. The molecule has 0 radical (unpaired) electrons. The number of nitrogens with zero attached hydrogens (tertiary/aromatic N) is 4. The molecule has 2 aromatic rings. The fraction of sp³-hybridized carbons (Fsp3) is 0.250. The Bertz CT molecular complexity index is 730. The second-order valence-electron chi connectivity index (χ2n) is 5.36. The highest BCUT2D eigenvalue weighted by molar-refractivity contribution is 6.30. The fourth-order valence-electron chi connectivity index (χ4n) is 2.41. The molecule has 2 amide bonds. The number of benzene rings is 1. The van der Waals surface area contributed by atoms with Crippen molar-refractivity contribution in [2.45, 2.75) is 0 Å². The number of piperazine rings is 1. The number of hydrogen-bond acceptors (Lipinski definition) is 5. The van der Waals surface area contributed by atoms with Crippen molar-refractivity contribution in [3.8, 4) is 0 Å². The van der Waals surface area contributed by atoms with Crippen LogP contribution in [0.4, 0.5) is 11.6 Å². The van der Waals surface area contributed by atoms with Crippen molar-refractivity contribution in [1.82, 2.24) is 19.8 Å². The van der Waals surface area contributed by atoms with E-state index in [1.165, 1.54) is 12.4 Å². The number of rotatable bonds is 4. The zero-order chi connectivity index (χ0) is 16.9. The Kier molecular flexibility index (Phi) is 4.90. The predicted molar refractivity (Wildman–Crippen MR) is 90.3 cm³/mol. The van der Waals surface area contributed by atoms with Gasteiger partial charge in [0.1, 0.15) is 0 Å². The van der Waals surface area contributed by atoms with Gasteiger partial charge in [0.15, 0.2) is 0 Å². The van der Waals surface area contributed by atoms with Crippen LogP contribution < -0.4 is 5.32 Å². The summed E-state index contributed by atoms with van der Waals surface area (Å²) in [7, 11) is 0. The van der Waals surface area contributed by atoms with Crippen molar-refractivity contribution in [3.63, 3.8) is 0 Å². The lowest BCUT2D eigenvalue weighted by Crippen LogP contribution is -2.48. The number of carbonyl (C=O) groups is 2. The molecule has 1 aromatic carbocycles. The summed E-state index contributed by atoms with van der Waals surface area (Å²) in [6, 6.07) is 7.21. The van der Waals surface area contributed by atoms with Crippen LogP contribution in [0.25, 0.3) is 0 Å². The first-order chi connectivity index (χ1) is 11.7. The molecule has 1 aliphatic heterocycles. The third kappa shape index (κ3) is 3.80. The van der Waals surface area contributed by atoms with E-state index in [1.54, 1.807) is 21.9 Å². The van der Waals surface area contributed by atoms with Crippen LogP contribution in [-0.4, -0.2) is 58.3 Å². The molecular weight excluding hydrogens is 330 g/mol. The van der Waals surface area contributed by atoms with Crippen LogP contribution in [-0.2, 0) is 4.79 Å². The van der Waals surface area contributed by atoms with Gasteiger partial charge < -0.3 is 15.1 Å². The molecule has 0 saturated carbocycles. The van der Waals surface area contributed by atoms with E-state index in [4.69, 9.17) is 11.6 Å². The van der Waals surface area contributed by atoms with Crippen LogP contribution >= 0.6 is 11.6 Å². The lowest BCUT2D eigenvalue weighted by atomic mass is 10.2. The van der Waals surface area contributed by atoms with Crippen LogP contribution in [0.5, 0.6) is 0 Å². The molecule has 3 rings (SSSR count). The summed E-state index contributed by atoms with van der Waals surface area (Å²) >= 11 is 5.93. The van der Waals surface area contributed by atoms with Crippen molar-refractivity contribution < 1.29 is 9.59 Å². The van der Waals surface area contributed by atoms with Gasteiger partial charge in [0.2, 0.25) is 12.4 Å².